The number of aryl methyl sites for hydroxylation is 1. The van der Waals surface area contributed by atoms with Crippen LogP contribution in [0.4, 0.5) is 11.4 Å². The van der Waals surface area contributed by atoms with Crippen LogP contribution in [0.15, 0.2) is 60.9 Å². The second-order valence-electron chi connectivity index (χ2n) is 9.49. The van der Waals surface area contributed by atoms with Crippen molar-refractivity contribution in [2.75, 3.05) is 24.9 Å². The monoisotopic (exact) mass is 520 g/mol. The van der Waals surface area contributed by atoms with Crippen molar-refractivity contribution in [3.8, 4) is 11.5 Å². The lowest BCUT2D eigenvalue weighted by molar-refractivity contribution is -0.150. The Kier molecular flexibility index (Phi) is 7.82. The van der Waals surface area contributed by atoms with E-state index in [1.54, 1.807) is 59.4 Å². The molecule has 0 aliphatic heterocycles. The summed E-state index contributed by atoms with van der Waals surface area (Å²) in [6.07, 6.45) is 2.86. The first kappa shape index (κ1) is 26.9. The maximum Gasteiger partial charge on any atom is 0.235 e. The molecular formula is C28H32N4O6. The Labute approximate surface area is 220 Å². The van der Waals surface area contributed by atoms with Gasteiger partial charge >= 0.3 is 0 Å². The molecule has 1 aromatic heterocycles. The van der Waals surface area contributed by atoms with Crippen LogP contribution in [0, 0.1) is 11.8 Å². The second kappa shape index (κ2) is 11.1. The van der Waals surface area contributed by atoms with Crippen LogP contribution in [0.25, 0.3) is 0 Å². The van der Waals surface area contributed by atoms with E-state index in [1.807, 2.05) is 6.92 Å². The van der Waals surface area contributed by atoms with Gasteiger partial charge in [-0.05, 0) is 43.7 Å². The molecule has 1 aliphatic rings. The highest BCUT2D eigenvalue weighted by molar-refractivity contribution is 6.11. The minimum Gasteiger partial charge on any atom is -0.495 e. The number of nitrogens with one attached hydrogen (secondary N) is 2. The molecule has 4 rings (SSSR count). The maximum atomic E-state index is 13.8. The van der Waals surface area contributed by atoms with Crippen LogP contribution in [0.2, 0.25) is 0 Å². The minimum atomic E-state index is -1.73. The van der Waals surface area contributed by atoms with Crippen LogP contribution in [0.3, 0.4) is 0 Å². The third-order valence-electron chi connectivity index (χ3n) is 6.92. The van der Waals surface area contributed by atoms with Gasteiger partial charge in [-0.3, -0.25) is 19.1 Å². The predicted octanol–water partition coefficient (Wildman–Crippen LogP) is 3.24. The molecule has 38 heavy (non-hydrogen) atoms. The van der Waals surface area contributed by atoms with Crippen LogP contribution in [-0.4, -0.2) is 52.3 Å². The van der Waals surface area contributed by atoms with Gasteiger partial charge in [0.05, 0.1) is 43.3 Å². The third kappa shape index (κ3) is 5.26. The Morgan fingerprint density at radius 2 is 1.58 bits per heavy atom. The molecule has 0 unspecified atom stereocenters. The van der Waals surface area contributed by atoms with Crippen molar-refractivity contribution < 1.29 is 29.0 Å². The molecule has 10 nitrogen and oxygen atoms in total. The van der Waals surface area contributed by atoms with Crippen molar-refractivity contribution in [3.63, 3.8) is 0 Å². The number of Topliss-reactive ketones (excluding diaryl/α,β-unsaturated/α-hetero) is 1. The first-order valence-electron chi connectivity index (χ1n) is 12.3. The zero-order valence-corrected chi connectivity index (χ0v) is 21.8. The molecule has 10 heteroatoms. The van der Waals surface area contributed by atoms with E-state index >= 15 is 0 Å². The summed E-state index contributed by atoms with van der Waals surface area (Å²) < 4.78 is 12.3. The number of hydrogen-bond donors (Lipinski definition) is 3. The molecule has 1 saturated carbocycles. The van der Waals surface area contributed by atoms with Crippen LogP contribution in [0.1, 0.15) is 31.7 Å². The molecule has 3 N–H and O–H groups in total. The highest BCUT2D eigenvalue weighted by atomic mass is 16.5. The summed E-state index contributed by atoms with van der Waals surface area (Å²) in [6, 6.07) is 13.7. The summed E-state index contributed by atoms with van der Waals surface area (Å²) in [5.74, 6) is -4.16. The Bertz CT molecular complexity index is 1330. The number of aliphatic hydroxyl groups is 1. The maximum absolute atomic E-state index is 13.8. The van der Waals surface area contributed by atoms with E-state index in [9.17, 15) is 19.5 Å². The molecule has 4 atom stereocenters. The zero-order valence-electron chi connectivity index (χ0n) is 21.8. The van der Waals surface area contributed by atoms with Crippen LogP contribution in [0.5, 0.6) is 11.5 Å². The third-order valence-corrected chi connectivity index (χ3v) is 6.92. The van der Waals surface area contributed by atoms with E-state index in [2.05, 4.69) is 15.7 Å². The van der Waals surface area contributed by atoms with Crippen LogP contribution in [-0.2, 0) is 20.9 Å². The molecule has 3 aromatic rings. The average Bonchev–Trinajstić information content (AvgIpc) is 3.37. The summed E-state index contributed by atoms with van der Waals surface area (Å²) in [6.45, 7) is 3.90. The number of carbonyl (C=O) groups excluding carboxylic acids is 3. The van der Waals surface area contributed by atoms with E-state index in [0.717, 1.165) is 0 Å². The quantitative estimate of drug-likeness (QED) is 0.389. The fourth-order valence-electron chi connectivity index (χ4n) is 5.13. The molecule has 2 aromatic carbocycles. The molecule has 0 bridgehead atoms. The SMILES string of the molecule is CCn1cc([C@@H]2[C@H](C(=O)Nc3ccccc3OC)C(=O)C[C@](C)(O)[C@@H]2C(=O)Nc2ccccc2OC)cn1. The number of amides is 2. The summed E-state index contributed by atoms with van der Waals surface area (Å²) in [5.41, 5.74) is -0.432. The fourth-order valence-corrected chi connectivity index (χ4v) is 5.13. The number of benzene rings is 2. The van der Waals surface area contributed by atoms with E-state index < -0.39 is 41.0 Å². The molecule has 0 spiro atoms. The number of methoxy groups -OCH3 is 2. The Balaban J connectivity index is 1.77. The summed E-state index contributed by atoms with van der Waals surface area (Å²) >= 11 is 0. The molecule has 0 saturated heterocycles. The van der Waals surface area contributed by atoms with Crippen molar-refractivity contribution in [1.29, 1.82) is 0 Å². The van der Waals surface area contributed by atoms with E-state index in [-0.39, 0.29) is 6.42 Å². The molecule has 1 aliphatic carbocycles. The second-order valence-corrected chi connectivity index (χ2v) is 9.49. The fraction of sp³-hybridized carbons (Fsp3) is 0.357. The van der Waals surface area contributed by atoms with Gasteiger partial charge < -0.3 is 25.2 Å². The van der Waals surface area contributed by atoms with E-state index in [1.165, 1.54) is 27.3 Å². The molecule has 2 amide bonds. The lowest BCUT2D eigenvalue weighted by Crippen LogP contribution is -2.56. The van der Waals surface area contributed by atoms with Crippen LogP contribution < -0.4 is 20.1 Å². The van der Waals surface area contributed by atoms with Gasteiger partial charge in [-0.15, -0.1) is 0 Å². The standard InChI is InChI=1S/C28H32N4O6/c1-5-32-16-17(15-29-32)23-24(26(34)30-18-10-6-8-12-21(18)37-3)20(33)14-28(2,36)25(23)27(35)31-19-11-7-9-13-22(19)38-4/h6-13,15-16,23-25,36H,5,14H2,1-4H3,(H,30,34)(H,31,35)/t23-,24-,25+,28+/m1/s1. The number of ketones is 1. The minimum absolute atomic E-state index is 0.376. The molecule has 0 radical (unpaired) electrons. The average molecular weight is 521 g/mol. The summed E-state index contributed by atoms with van der Waals surface area (Å²) in [5, 5.41) is 21.4. The smallest absolute Gasteiger partial charge is 0.235 e. The van der Waals surface area contributed by atoms with Gasteiger partial charge in [0.1, 0.15) is 23.2 Å². The Morgan fingerprint density at radius 3 is 2.11 bits per heavy atom. The highest BCUT2D eigenvalue weighted by Crippen LogP contribution is 2.47. The number of rotatable bonds is 8. The molecule has 1 fully saturated rings. The number of carbonyl (C=O) groups is 3. The lowest BCUT2D eigenvalue weighted by Gasteiger charge is -2.44. The lowest BCUT2D eigenvalue weighted by atomic mass is 9.61. The Hall–Kier alpha value is -4.18. The van der Waals surface area contributed by atoms with Crippen molar-refractivity contribution in [1.82, 2.24) is 9.78 Å². The van der Waals surface area contributed by atoms with Gasteiger partial charge in [0.25, 0.3) is 0 Å². The highest BCUT2D eigenvalue weighted by Gasteiger charge is 2.56. The number of anilines is 2. The first-order valence-corrected chi connectivity index (χ1v) is 12.3. The van der Waals surface area contributed by atoms with Gasteiger partial charge in [-0.2, -0.15) is 5.10 Å². The first-order chi connectivity index (χ1) is 18.2. The molecule has 1 heterocycles. The van der Waals surface area contributed by atoms with Gasteiger partial charge in [0.15, 0.2) is 0 Å². The zero-order chi connectivity index (χ0) is 27.4. The summed E-state index contributed by atoms with van der Waals surface area (Å²) in [7, 11) is 2.97. The van der Waals surface area contributed by atoms with Gasteiger partial charge in [-0.1, -0.05) is 24.3 Å². The van der Waals surface area contributed by atoms with E-state index in [4.69, 9.17) is 9.47 Å². The number of para-hydroxylation sites is 4. The van der Waals surface area contributed by atoms with Gasteiger partial charge in [-0.25, -0.2) is 0 Å². The number of ether oxygens (including phenoxy) is 2. The molecular weight excluding hydrogens is 488 g/mol. The summed E-state index contributed by atoms with van der Waals surface area (Å²) in [4.78, 5) is 41.0. The number of aromatic nitrogens is 2. The number of nitrogens with zero attached hydrogens (tertiary/aromatic N) is 2. The predicted molar refractivity (Wildman–Crippen MR) is 141 cm³/mol. The number of hydrogen-bond acceptors (Lipinski definition) is 7. The Morgan fingerprint density at radius 1 is 1.03 bits per heavy atom. The normalized spacial score (nSPS) is 23.0. The van der Waals surface area contributed by atoms with Gasteiger partial charge in [0, 0.05) is 25.1 Å². The van der Waals surface area contributed by atoms with Gasteiger partial charge in [0.2, 0.25) is 11.8 Å². The topological polar surface area (TPSA) is 132 Å². The van der Waals surface area contributed by atoms with E-state index in [0.29, 0.717) is 35.0 Å². The van der Waals surface area contributed by atoms with Crippen LogP contribution >= 0.6 is 0 Å². The van der Waals surface area contributed by atoms with Crippen molar-refractivity contribution >= 4 is 29.0 Å². The van der Waals surface area contributed by atoms with Crippen molar-refractivity contribution in [3.05, 3.63) is 66.5 Å². The largest absolute Gasteiger partial charge is 0.495 e. The van der Waals surface area contributed by atoms with Crippen molar-refractivity contribution in [2.45, 2.75) is 38.3 Å². The molecule has 200 valence electrons. The van der Waals surface area contributed by atoms with Crippen molar-refractivity contribution in [2.24, 2.45) is 11.8 Å².